The Kier molecular flexibility index (Phi) is 7.86. The van der Waals surface area contributed by atoms with Gasteiger partial charge in [-0.25, -0.2) is 8.42 Å². The van der Waals surface area contributed by atoms with Crippen molar-refractivity contribution in [1.82, 2.24) is 9.62 Å². The molecule has 188 valence electrons. The van der Waals surface area contributed by atoms with Gasteiger partial charge in [0.15, 0.2) is 0 Å². The number of carbonyl (C=O) groups excluding carboxylic acids is 1. The molecule has 1 amide bonds. The Morgan fingerprint density at radius 2 is 1.69 bits per heavy atom. The van der Waals surface area contributed by atoms with Crippen LogP contribution in [0.5, 0.6) is 0 Å². The Bertz CT molecular complexity index is 1320. The van der Waals surface area contributed by atoms with Gasteiger partial charge in [0.2, 0.25) is 15.9 Å². The van der Waals surface area contributed by atoms with Crippen LogP contribution < -0.4 is 10.5 Å². The SMILES string of the molecule is Cc1ccc(S(=O)(=O)N[C@@H](Cc2cccc(C(=N)N)c2)C(=O)N2CCC(c3ccccc3)CC2)cc1. The Morgan fingerprint density at radius 3 is 2.33 bits per heavy atom. The lowest BCUT2D eigenvalue weighted by Crippen LogP contribution is -2.51. The van der Waals surface area contributed by atoms with Crippen LogP contribution in [0.25, 0.3) is 0 Å². The molecule has 0 unspecified atom stereocenters. The van der Waals surface area contributed by atoms with Crippen LogP contribution in [-0.4, -0.2) is 44.2 Å². The number of nitrogens with two attached hydrogens (primary N) is 1. The lowest BCUT2D eigenvalue weighted by atomic mass is 9.89. The van der Waals surface area contributed by atoms with Crippen molar-refractivity contribution in [3.8, 4) is 0 Å². The summed E-state index contributed by atoms with van der Waals surface area (Å²) in [5, 5.41) is 7.71. The molecule has 0 spiro atoms. The van der Waals surface area contributed by atoms with E-state index in [4.69, 9.17) is 11.1 Å². The number of amides is 1. The fourth-order valence-electron chi connectivity index (χ4n) is 4.63. The quantitative estimate of drug-likeness (QED) is 0.321. The number of rotatable bonds is 8. The molecule has 0 aromatic heterocycles. The molecule has 3 aromatic carbocycles. The van der Waals surface area contributed by atoms with Gasteiger partial charge in [-0.05, 0) is 61.4 Å². The van der Waals surface area contributed by atoms with Crippen molar-refractivity contribution in [3.05, 3.63) is 101 Å². The Hall–Kier alpha value is -3.49. The van der Waals surface area contributed by atoms with Gasteiger partial charge in [-0.1, -0.05) is 66.2 Å². The molecule has 4 N–H and O–H groups in total. The molecule has 1 heterocycles. The van der Waals surface area contributed by atoms with E-state index in [1.807, 2.05) is 31.2 Å². The van der Waals surface area contributed by atoms with Crippen molar-refractivity contribution < 1.29 is 13.2 Å². The van der Waals surface area contributed by atoms with Crippen molar-refractivity contribution in [3.63, 3.8) is 0 Å². The molecule has 36 heavy (non-hydrogen) atoms. The van der Waals surface area contributed by atoms with Crippen LogP contribution >= 0.6 is 0 Å². The van der Waals surface area contributed by atoms with Crippen LogP contribution in [0.3, 0.4) is 0 Å². The van der Waals surface area contributed by atoms with E-state index in [1.54, 1.807) is 47.4 Å². The molecule has 1 fully saturated rings. The third kappa shape index (κ3) is 6.19. The largest absolute Gasteiger partial charge is 0.384 e. The van der Waals surface area contributed by atoms with Gasteiger partial charge < -0.3 is 10.6 Å². The summed E-state index contributed by atoms with van der Waals surface area (Å²) >= 11 is 0. The molecule has 0 saturated carbocycles. The summed E-state index contributed by atoms with van der Waals surface area (Å²) in [7, 11) is -3.92. The molecule has 0 aliphatic carbocycles. The number of likely N-dealkylation sites (tertiary alicyclic amines) is 1. The number of hydrogen-bond donors (Lipinski definition) is 3. The monoisotopic (exact) mass is 504 g/mol. The van der Waals surface area contributed by atoms with Gasteiger partial charge >= 0.3 is 0 Å². The lowest BCUT2D eigenvalue weighted by molar-refractivity contribution is -0.134. The summed E-state index contributed by atoms with van der Waals surface area (Å²) < 4.78 is 29.1. The minimum Gasteiger partial charge on any atom is -0.384 e. The summed E-state index contributed by atoms with van der Waals surface area (Å²) in [6.45, 7) is 3.01. The maximum atomic E-state index is 13.7. The molecule has 4 rings (SSSR count). The van der Waals surface area contributed by atoms with E-state index >= 15 is 0 Å². The second kappa shape index (κ2) is 11.1. The van der Waals surface area contributed by atoms with E-state index in [2.05, 4.69) is 16.9 Å². The highest BCUT2D eigenvalue weighted by atomic mass is 32.2. The third-order valence-electron chi connectivity index (χ3n) is 6.68. The molecular weight excluding hydrogens is 472 g/mol. The fraction of sp³-hybridized carbons (Fsp3) is 0.286. The summed E-state index contributed by atoms with van der Waals surface area (Å²) in [5.74, 6) is 0.0542. The van der Waals surface area contributed by atoms with Gasteiger partial charge in [-0.3, -0.25) is 10.2 Å². The van der Waals surface area contributed by atoms with Gasteiger partial charge in [0.05, 0.1) is 4.90 Å². The smallest absolute Gasteiger partial charge is 0.241 e. The first-order valence-electron chi connectivity index (χ1n) is 12.1. The first kappa shape index (κ1) is 25.6. The highest BCUT2D eigenvalue weighted by Gasteiger charge is 2.32. The molecule has 0 radical (unpaired) electrons. The Balaban J connectivity index is 1.55. The highest BCUT2D eigenvalue weighted by Crippen LogP contribution is 2.28. The van der Waals surface area contributed by atoms with E-state index in [9.17, 15) is 13.2 Å². The minimum absolute atomic E-state index is 0.0806. The average Bonchev–Trinajstić information content (AvgIpc) is 2.89. The molecule has 3 aromatic rings. The Morgan fingerprint density at radius 1 is 1.03 bits per heavy atom. The number of sulfonamides is 1. The second-order valence-corrected chi connectivity index (χ2v) is 11.0. The maximum absolute atomic E-state index is 13.7. The predicted octanol–water partition coefficient (Wildman–Crippen LogP) is 3.57. The van der Waals surface area contributed by atoms with Gasteiger partial charge in [0.25, 0.3) is 0 Å². The van der Waals surface area contributed by atoms with Crippen molar-refractivity contribution in [1.29, 1.82) is 5.41 Å². The fourth-order valence-corrected chi connectivity index (χ4v) is 5.82. The number of aryl methyl sites for hydroxylation is 1. The third-order valence-corrected chi connectivity index (χ3v) is 8.17. The standard InChI is InChI=1S/C28H32N4O3S/c1-20-10-12-25(13-11-20)36(34,35)31-26(19-21-6-5-9-24(18-21)27(29)30)28(33)32-16-14-23(15-17-32)22-7-3-2-4-8-22/h2-13,18,23,26,31H,14-17,19H2,1H3,(H3,29,30)/t26-/m0/s1. The zero-order chi connectivity index (χ0) is 25.7. The van der Waals surface area contributed by atoms with Crippen LogP contribution in [0.1, 0.15) is 41.0 Å². The van der Waals surface area contributed by atoms with Gasteiger partial charge in [0.1, 0.15) is 11.9 Å². The first-order valence-corrected chi connectivity index (χ1v) is 13.6. The molecule has 1 aliphatic heterocycles. The number of piperidine rings is 1. The molecule has 0 bridgehead atoms. The van der Waals surface area contributed by atoms with Crippen LogP contribution in [0, 0.1) is 12.3 Å². The Labute approximate surface area is 212 Å². The van der Waals surface area contributed by atoms with Crippen molar-refractivity contribution in [2.24, 2.45) is 5.73 Å². The van der Waals surface area contributed by atoms with E-state index in [0.717, 1.165) is 24.0 Å². The molecule has 7 nitrogen and oxygen atoms in total. The van der Waals surface area contributed by atoms with E-state index in [-0.39, 0.29) is 23.1 Å². The molecule has 1 atom stereocenters. The van der Waals surface area contributed by atoms with Gasteiger partial charge in [-0.2, -0.15) is 4.72 Å². The molecular formula is C28H32N4O3S. The normalized spacial score (nSPS) is 15.4. The molecule has 1 aliphatic rings. The van der Waals surface area contributed by atoms with Crippen LogP contribution in [0.15, 0.2) is 83.8 Å². The number of amidine groups is 1. The summed E-state index contributed by atoms with van der Waals surface area (Å²) in [4.78, 5) is 15.5. The zero-order valence-corrected chi connectivity index (χ0v) is 21.2. The van der Waals surface area contributed by atoms with Gasteiger partial charge in [0, 0.05) is 18.7 Å². The predicted molar refractivity (Wildman–Crippen MR) is 141 cm³/mol. The number of benzene rings is 3. The topological polar surface area (TPSA) is 116 Å². The number of nitrogens with zero attached hydrogens (tertiary/aromatic N) is 1. The first-order chi connectivity index (χ1) is 17.2. The molecule has 8 heteroatoms. The van der Waals surface area contributed by atoms with E-state index in [1.165, 1.54) is 5.56 Å². The number of nitrogen functional groups attached to an aromatic ring is 1. The lowest BCUT2D eigenvalue weighted by Gasteiger charge is -2.34. The van der Waals surface area contributed by atoms with Gasteiger partial charge in [-0.15, -0.1) is 0 Å². The van der Waals surface area contributed by atoms with Crippen molar-refractivity contribution in [2.75, 3.05) is 13.1 Å². The maximum Gasteiger partial charge on any atom is 0.241 e. The van der Waals surface area contributed by atoms with Crippen molar-refractivity contribution in [2.45, 2.75) is 43.0 Å². The summed E-state index contributed by atoms with van der Waals surface area (Å²) in [6, 6.07) is 22.9. The second-order valence-electron chi connectivity index (χ2n) is 9.32. The number of carbonyl (C=O) groups is 1. The van der Waals surface area contributed by atoms with Crippen LogP contribution in [0.4, 0.5) is 0 Å². The van der Waals surface area contributed by atoms with E-state index in [0.29, 0.717) is 24.6 Å². The molecule has 1 saturated heterocycles. The number of nitrogens with one attached hydrogen (secondary N) is 2. The summed E-state index contributed by atoms with van der Waals surface area (Å²) in [5.41, 5.74) is 9.11. The van der Waals surface area contributed by atoms with E-state index < -0.39 is 16.1 Å². The average molecular weight is 505 g/mol. The minimum atomic E-state index is -3.92. The summed E-state index contributed by atoms with van der Waals surface area (Å²) in [6.07, 6.45) is 1.81. The number of hydrogen-bond acceptors (Lipinski definition) is 4. The van der Waals surface area contributed by atoms with Crippen LogP contribution in [0.2, 0.25) is 0 Å². The zero-order valence-electron chi connectivity index (χ0n) is 20.4. The van der Waals surface area contributed by atoms with Crippen LogP contribution in [-0.2, 0) is 21.2 Å². The highest BCUT2D eigenvalue weighted by molar-refractivity contribution is 7.89. The van der Waals surface area contributed by atoms with Crippen molar-refractivity contribution >= 4 is 21.8 Å².